The van der Waals surface area contributed by atoms with Crippen LogP contribution in [0.1, 0.15) is 24.0 Å². The average molecular weight is 393 g/mol. The van der Waals surface area contributed by atoms with Gasteiger partial charge in [-0.2, -0.15) is 17.5 Å². The molecule has 26 heavy (non-hydrogen) atoms. The lowest BCUT2D eigenvalue weighted by atomic mass is 9.99. The predicted octanol–water partition coefficient (Wildman–Crippen LogP) is 1.49. The third-order valence-corrected chi connectivity index (χ3v) is 6.34. The molecule has 1 saturated heterocycles. The number of aryl methyl sites for hydroxylation is 1. The summed E-state index contributed by atoms with van der Waals surface area (Å²) in [6.07, 6.45) is -3.49. The lowest BCUT2D eigenvalue weighted by Gasteiger charge is -2.31. The molecular weight excluding hydrogens is 371 g/mol. The smallest absolute Gasteiger partial charge is 0.355 e. The van der Waals surface area contributed by atoms with E-state index in [1.54, 1.807) is 0 Å². The largest absolute Gasteiger partial charge is 0.416 e. The topological polar surface area (TPSA) is 92.5 Å². The Kier molecular flexibility index (Phi) is 6.30. The summed E-state index contributed by atoms with van der Waals surface area (Å²) < 4.78 is 65.2. The van der Waals surface area contributed by atoms with E-state index in [4.69, 9.17) is 5.73 Å². The van der Waals surface area contributed by atoms with Crippen molar-refractivity contribution in [1.82, 2.24) is 9.62 Å². The summed E-state index contributed by atoms with van der Waals surface area (Å²) in [7, 11) is -3.98. The van der Waals surface area contributed by atoms with E-state index in [2.05, 4.69) is 5.32 Å². The Morgan fingerprint density at radius 2 is 2.08 bits per heavy atom. The maximum absolute atomic E-state index is 12.8. The number of carbonyl (C=O) groups excluding carboxylic acids is 1. The van der Waals surface area contributed by atoms with Crippen molar-refractivity contribution in [2.45, 2.75) is 30.8 Å². The minimum atomic E-state index is -4.54. The number of piperidine rings is 1. The molecule has 1 aliphatic heterocycles. The molecule has 1 fully saturated rings. The maximum atomic E-state index is 12.8. The second kappa shape index (κ2) is 7.93. The van der Waals surface area contributed by atoms with Gasteiger partial charge in [-0.1, -0.05) is 0 Å². The summed E-state index contributed by atoms with van der Waals surface area (Å²) in [4.78, 5) is 11.9. The highest BCUT2D eigenvalue weighted by molar-refractivity contribution is 7.89. The second-order valence-corrected chi connectivity index (χ2v) is 8.17. The first-order valence-corrected chi connectivity index (χ1v) is 9.67. The highest BCUT2D eigenvalue weighted by atomic mass is 32.2. The van der Waals surface area contributed by atoms with Crippen molar-refractivity contribution < 1.29 is 26.4 Å². The molecule has 1 amide bonds. The Morgan fingerprint density at radius 3 is 2.65 bits per heavy atom. The third-order valence-electron chi connectivity index (χ3n) is 4.32. The van der Waals surface area contributed by atoms with Gasteiger partial charge in [0.05, 0.1) is 16.4 Å². The predicted molar refractivity (Wildman–Crippen MR) is 89.7 cm³/mol. The number of benzene rings is 1. The number of alkyl halides is 3. The lowest BCUT2D eigenvalue weighted by molar-refractivity contribution is -0.137. The van der Waals surface area contributed by atoms with Gasteiger partial charge < -0.3 is 11.1 Å². The van der Waals surface area contributed by atoms with E-state index in [1.807, 2.05) is 0 Å². The number of hydrogen-bond donors (Lipinski definition) is 2. The zero-order valence-corrected chi connectivity index (χ0v) is 15.2. The van der Waals surface area contributed by atoms with Crippen LogP contribution >= 0.6 is 0 Å². The second-order valence-electron chi connectivity index (χ2n) is 6.26. The summed E-state index contributed by atoms with van der Waals surface area (Å²) in [6, 6.07) is 2.56. The zero-order valence-electron chi connectivity index (χ0n) is 14.3. The lowest BCUT2D eigenvalue weighted by Crippen LogP contribution is -2.46. The molecule has 1 aromatic carbocycles. The molecule has 0 radical (unpaired) electrons. The number of carbonyl (C=O) groups is 1. The number of halogens is 3. The number of nitrogens with zero attached hydrogens (tertiary/aromatic N) is 1. The molecule has 1 aliphatic rings. The molecule has 10 heteroatoms. The Hall–Kier alpha value is -1.65. The molecule has 0 bridgehead atoms. The van der Waals surface area contributed by atoms with Crippen molar-refractivity contribution in [3.63, 3.8) is 0 Å². The molecule has 1 aromatic rings. The summed E-state index contributed by atoms with van der Waals surface area (Å²) >= 11 is 0. The molecule has 1 atom stereocenters. The highest BCUT2D eigenvalue weighted by Gasteiger charge is 2.35. The van der Waals surface area contributed by atoms with Gasteiger partial charge in [0.2, 0.25) is 15.9 Å². The van der Waals surface area contributed by atoms with Gasteiger partial charge in [-0.05, 0) is 43.5 Å². The molecule has 146 valence electrons. The fraction of sp³-hybridized carbons (Fsp3) is 0.562. The molecule has 1 heterocycles. The van der Waals surface area contributed by atoms with Crippen LogP contribution in [0.15, 0.2) is 23.1 Å². The average Bonchev–Trinajstić information content (AvgIpc) is 2.58. The number of nitrogens with one attached hydrogen (secondary N) is 1. The van der Waals surface area contributed by atoms with Crippen molar-refractivity contribution in [2.24, 2.45) is 11.7 Å². The molecule has 0 spiro atoms. The van der Waals surface area contributed by atoms with Gasteiger partial charge in [0, 0.05) is 26.2 Å². The van der Waals surface area contributed by atoms with E-state index in [0.29, 0.717) is 19.4 Å². The molecule has 3 N–H and O–H groups in total. The maximum Gasteiger partial charge on any atom is 0.416 e. The Balaban J connectivity index is 2.23. The summed E-state index contributed by atoms with van der Waals surface area (Å²) in [5.41, 5.74) is 4.46. The summed E-state index contributed by atoms with van der Waals surface area (Å²) in [5, 5.41) is 2.64. The Morgan fingerprint density at radius 1 is 1.38 bits per heavy atom. The van der Waals surface area contributed by atoms with Crippen LogP contribution in [-0.2, 0) is 21.0 Å². The van der Waals surface area contributed by atoms with Gasteiger partial charge in [0.1, 0.15) is 0 Å². The van der Waals surface area contributed by atoms with E-state index in [-0.39, 0.29) is 36.0 Å². The van der Waals surface area contributed by atoms with Crippen LogP contribution in [0.4, 0.5) is 13.2 Å². The standard InChI is InChI=1S/C16H22F3N3O3S/c1-11-9-13(16(17,18)19)4-5-14(11)26(24,25)22-8-2-3-12(10-22)15(23)21-7-6-20/h4-5,9,12H,2-3,6-8,10,20H2,1H3,(H,21,23). The van der Waals surface area contributed by atoms with Gasteiger partial charge in [-0.25, -0.2) is 8.42 Å². The van der Waals surface area contributed by atoms with E-state index in [0.717, 1.165) is 18.2 Å². The molecule has 6 nitrogen and oxygen atoms in total. The van der Waals surface area contributed by atoms with E-state index < -0.39 is 27.7 Å². The fourth-order valence-electron chi connectivity index (χ4n) is 2.97. The van der Waals surface area contributed by atoms with Crippen LogP contribution in [0, 0.1) is 12.8 Å². The first-order chi connectivity index (χ1) is 12.1. The molecule has 2 rings (SSSR count). The van der Waals surface area contributed by atoms with Crippen molar-refractivity contribution in [3.05, 3.63) is 29.3 Å². The van der Waals surface area contributed by atoms with Gasteiger partial charge in [-0.3, -0.25) is 4.79 Å². The number of sulfonamides is 1. The van der Waals surface area contributed by atoms with Crippen LogP contribution in [0.25, 0.3) is 0 Å². The Bertz CT molecular complexity index is 766. The third kappa shape index (κ3) is 4.54. The normalized spacial score (nSPS) is 19.3. The van der Waals surface area contributed by atoms with Crippen molar-refractivity contribution in [3.8, 4) is 0 Å². The van der Waals surface area contributed by atoms with E-state index in [9.17, 15) is 26.4 Å². The molecular formula is C16H22F3N3O3S. The van der Waals surface area contributed by atoms with Crippen LogP contribution in [0.2, 0.25) is 0 Å². The van der Waals surface area contributed by atoms with Crippen LogP contribution in [0.5, 0.6) is 0 Å². The minimum absolute atomic E-state index is 0.000793. The summed E-state index contributed by atoms with van der Waals surface area (Å²) in [5.74, 6) is -0.765. The molecule has 0 aromatic heterocycles. The number of rotatable bonds is 5. The van der Waals surface area contributed by atoms with Crippen LogP contribution in [-0.4, -0.2) is 44.8 Å². The molecule has 0 saturated carbocycles. The van der Waals surface area contributed by atoms with E-state index in [1.165, 1.54) is 11.2 Å². The number of amides is 1. The van der Waals surface area contributed by atoms with E-state index >= 15 is 0 Å². The number of hydrogen-bond acceptors (Lipinski definition) is 4. The van der Waals surface area contributed by atoms with Crippen molar-refractivity contribution >= 4 is 15.9 Å². The monoisotopic (exact) mass is 393 g/mol. The van der Waals surface area contributed by atoms with Crippen LogP contribution in [0.3, 0.4) is 0 Å². The SMILES string of the molecule is Cc1cc(C(F)(F)F)ccc1S(=O)(=O)N1CCCC(C(=O)NCCN)C1. The van der Waals surface area contributed by atoms with Crippen molar-refractivity contribution in [2.75, 3.05) is 26.2 Å². The quantitative estimate of drug-likeness (QED) is 0.793. The molecule has 0 aliphatic carbocycles. The Labute approximate surface area is 150 Å². The minimum Gasteiger partial charge on any atom is -0.355 e. The zero-order chi connectivity index (χ0) is 19.5. The highest BCUT2D eigenvalue weighted by Crippen LogP contribution is 2.33. The molecule has 1 unspecified atom stereocenters. The first-order valence-electron chi connectivity index (χ1n) is 8.23. The van der Waals surface area contributed by atoms with Gasteiger partial charge in [0.25, 0.3) is 0 Å². The summed E-state index contributed by atoms with van der Waals surface area (Å²) in [6.45, 7) is 2.14. The van der Waals surface area contributed by atoms with Gasteiger partial charge >= 0.3 is 6.18 Å². The first kappa shape index (κ1) is 20.7. The van der Waals surface area contributed by atoms with Gasteiger partial charge in [-0.15, -0.1) is 0 Å². The number of nitrogens with two attached hydrogens (primary N) is 1. The van der Waals surface area contributed by atoms with Gasteiger partial charge in [0.15, 0.2) is 0 Å². The fourth-order valence-corrected chi connectivity index (χ4v) is 4.70. The van der Waals surface area contributed by atoms with Crippen LogP contribution < -0.4 is 11.1 Å². The van der Waals surface area contributed by atoms with Crippen molar-refractivity contribution in [1.29, 1.82) is 0 Å².